The maximum Gasteiger partial charge on any atom is 0.191 e. The fourth-order valence-electron chi connectivity index (χ4n) is 3.80. The second kappa shape index (κ2) is 9.01. The minimum Gasteiger partial charge on any atom is -0.317 e. The highest BCUT2D eigenvalue weighted by Crippen LogP contribution is 2.35. The number of hydrogen-bond donors (Lipinski definition) is 0. The molecular weight excluding hydrogens is 388 g/mol. The van der Waals surface area contributed by atoms with Gasteiger partial charge in [0.15, 0.2) is 5.13 Å². The lowest BCUT2D eigenvalue weighted by Gasteiger charge is -2.31. The monoisotopic (exact) mass is 413 g/mol. The van der Waals surface area contributed by atoms with E-state index in [1.54, 1.807) is 11.3 Å². The van der Waals surface area contributed by atoms with Crippen LogP contribution in [0.2, 0.25) is 0 Å². The van der Waals surface area contributed by atoms with Crippen molar-refractivity contribution in [3.8, 4) is 0 Å². The Kier molecular flexibility index (Phi) is 6.21. The number of halogens is 2. The first kappa shape index (κ1) is 20.0. The molecule has 0 spiro atoms. The van der Waals surface area contributed by atoms with Crippen molar-refractivity contribution < 1.29 is 8.78 Å². The smallest absolute Gasteiger partial charge is 0.191 e. The van der Waals surface area contributed by atoms with E-state index >= 15 is 0 Å². The molecule has 29 heavy (non-hydrogen) atoms. The predicted molar refractivity (Wildman–Crippen MR) is 117 cm³/mol. The third-order valence-corrected chi connectivity index (χ3v) is 6.49. The maximum absolute atomic E-state index is 14.7. The summed E-state index contributed by atoms with van der Waals surface area (Å²) < 4.78 is 29.8. The third kappa shape index (κ3) is 4.65. The van der Waals surface area contributed by atoms with Crippen molar-refractivity contribution in [1.82, 2.24) is 9.88 Å². The van der Waals surface area contributed by atoms with Crippen LogP contribution in [0.25, 0.3) is 10.2 Å². The molecule has 1 aliphatic carbocycles. The van der Waals surface area contributed by atoms with Crippen LogP contribution >= 0.6 is 11.3 Å². The summed E-state index contributed by atoms with van der Waals surface area (Å²) in [4.78, 5) is 9.14. The van der Waals surface area contributed by atoms with Crippen molar-refractivity contribution in [2.75, 3.05) is 31.1 Å². The standard InChI is InChI=1S/C23H25F2N3S/c1-17(19-16-18(24)8-7-9-20(19)25)28(15-14-27-12-5-2-6-13-27)23-26-21-10-3-4-11-22(21)29-23/h3-4,7-11H,1-2,5-6,12-16H2. The highest BCUT2D eigenvalue weighted by molar-refractivity contribution is 7.22. The highest BCUT2D eigenvalue weighted by Gasteiger charge is 2.23. The molecule has 4 rings (SSSR count). The van der Waals surface area contributed by atoms with E-state index in [1.165, 1.54) is 37.5 Å². The number of benzene rings is 1. The number of fused-ring (bicyclic) bond motifs is 1. The van der Waals surface area contributed by atoms with Gasteiger partial charge < -0.3 is 9.80 Å². The fraction of sp³-hybridized carbons (Fsp3) is 0.348. The molecule has 1 fully saturated rings. The minimum atomic E-state index is -0.442. The number of hydrogen-bond acceptors (Lipinski definition) is 4. The van der Waals surface area contributed by atoms with E-state index in [9.17, 15) is 8.78 Å². The molecule has 152 valence electrons. The van der Waals surface area contributed by atoms with Crippen molar-refractivity contribution in [1.29, 1.82) is 0 Å². The zero-order valence-corrected chi connectivity index (χ0v) is 17.2. The molecule has 0 N–H and O–H groups in total. The quantitative estimate of drug-likeness (QED) is 0.567. The average Bonchev–Trinajstić information content (AvgIpc) is 3.08. The van der Waals surface area contributed by atoms with Crippen molar-refractivity contribution in [2.24, 2.45) is 0 Å². The Balaban J connectivity index is 1.64. The minimum absolute atomic E-state index is 0.0945. The maximum atomic E-state index is 14.7. The Bertz CT molecular complexity index is 950. The van der Waals surface area contributed by atoms with Gasteiger partial charge in [-0.1, -0.05) is 42.5 Å². The van der Waals surface area contributed by atoms with Gasteiger partial charge in [-0.05, 0) is 50.2 Å². The van der Waals surface area contributed by atoms with Gasteiger partial charge >= 0.3 is 0 Å². The Labute approximate surface area is 174 Å². The van der Waals surface area contributed by atoms with E-state index in [0.717, 1.165) is 35.0 Å². The van der Waals surface area contributed by atoms with Gasteiger partial charge in [0.1, 0.15) is 11.7 Å². The van der Waals surface area contributed by atoms with Gasteiger partial charge in [-0.2, -0.15) is 0 Å². The first-order chi connectivity index (χ1) is 14.1. The van der Waals surface area contributed by atoms with Crippen molar-refractivity contribution >= 4 is 26.7 Å². The molecule has 1 aromatic carbocycles. The molecule has 1 aliphatic heterocycles. The molecular formula is C23H25F2N3S. The highest BCUT2D eigenvalue weighted by atomic mass is 32.1. The van der Waals surface area contributed by atoms with Crippen LogP contribution in [0.4, 0.5) is 13.9 Å². The number of nitrogens with zero attached hydrogens (tertiary/aromatic N) is 3. The predicted octanol–water partition coefficient (Wildman–Crippen LogP) is 6.14. The molecule has 0 unspecified atom stereocenters. The van der Waals surface area contributed by atoms with Gasteiger partial charge in [-0.3, -0.25) is 0 Å². The fourth-order valence-corrected chi connectivity index (χ4v) is 4.82. The number of piperidine rings is 1. The van der Waals surface area contributed by atoms with Crippen LogP contribution in [0.15, 0.2) is 72.0 Å². The lowest BCUT2D eigenvalue weighted by molar-refractivity contribution is 0.234. The van der Waals surface area contributed by atoms with Gasteiger partial charge in [0.2, 0.25) is 0 Å². The molecule has 2 aromatic rings. The van der Waals surface area contributed by atoms with Crippen LogP contribution in [0.3, 0.4) is 0 Å². The normalized spacial score (nSPS) is 18.1. The van der Waals surface area contributed by atoms with Crippen LogP contribution in [0.5, 0.6) is 0 Å². The molecule has 2 aliphatic rings. The Morgan fingerprint density at radius 3 is 2.76 bits per heavy atom. The second-order valence-electron chi connectivity index (χ2n) is 7.44. The van der Waals surface area contributed by atoms with E-state index in [0.29, 0.717) is 12.2 Å². The van der Waals surface area contributed by atoms with Crippen molar-refractivity contribution in [3.63, 3.8) is 0 Å². The molecule has 1 aromatic heterocycles. The molecule has 6 heteroatoms. The summed E-state index contributed by atoms with van der Waals surface area (Å²) >= 11 is 1.56. The Morgan fingerprint density at radius 2 is 1.97 bits per heavy atom. The number of rotatable bonds is 6. The van der Waals surface area contributed by atoms with Gasteiger partial charge in [-0.15, -0.1) is 0 Å². The Morgan fingerprint density at radius 1 is 1.17 bits per heavy atom. The molecule has 2 heterocycles. The average molecular weight is 414 g/mol. The van der Waals surface area contributed by atoms with E-state index in [-0.39, 0.29) is 17.8 Å². The summed E-state index contributed by atoms with van der Waals surface area (Å²) in [5, 5.41) is 0.770. The zero-order valence-electron chi connectivity index (χ0n) is 16.4. The second-order valence-corrected chi connectivity index (χ2v) is 8.45. The summed E-state index contributed by atoms with van der Waals surface area (Å²) in [6.07, 6.45) is 7.61. The van der Waals surface area contributed by atoms with Crippen LogP contribution in [-0.2, 0) is 0 Å². The molecule has 0 atom stereocenters. The van der Waals surface area contributed by atoms with Gasteiger partial charge in [0, 0.05) is 30.8 Å². The lowest BCUT2D eigenvalue weighted by Crippen LogP contribution is -2.37. The van der Waals surface area contributed by atoms with Crippen LogP contribution < -0.4 is 4.90 Å². The summed E-state index contributed by atoms with van der Waals surface area (Å²) in [6.45, 7) is 7.81. The van der Waals surface area contributed by atoms with E-state index in [1.807, 2.05) is 29.2 Å². The van der Waals surface area contributed by atoms with E-state index < -0.39 is 5.83 Å². The summed E-state index contributed by atoms with van der Waals surface area (Å²) in [6, 6.07) is 7.93. The summed E-state index contributed by atoms with van der Waals surface area (Å²) in [5.41, 5.74) is 1.67. The number of thiazole rings is 1. The van der Waals surface area contributed by atoms with Gasteiger partial charge in [-0.25, -0.2) is 13.8 Å². The number of aromatic nitrogens is 1. The van der Waals surface area contributed by atoms with Crippen LogP contribution in [0.1, 0.15) is 25.7 Å². The zero-order chi connectivity index (χ0) is 20.2. The summed E-state index contributed by atoms with van der Waals surface area (Å²) in [5.74, 6) is -0.812. The molecule has 3 nitrogen and oxygen atoms in total. The molecule has 1 saturated heterocycles. The summed E-state index contributed by atoms with van der Waals surface area (Å²) in [7, 11) is 0. The first-order valence-corrected chi connectivity index (χ1v) is 10.9. The van der Waals surface area contributed by atoms with Gasteiger partial charge in [0.05, 0.1) is 10.2 Å². The number of anilines is 1. The molecule has 0 amide bonds. The molecule has 0 radical (unpaired) electrons. The Hall–Kier alpha value is -2.31. The number of likely N-dealkylation sites (tertiary alicyclic amines) is 1. The van der Waals surface area contributed by atoms with Crippen molar-refractivity contribution in [2.45, 2.75) is 25.7 Å². The van der Waals surface area contributed by atoms with E-state index in [4.69, 9.17) is 4.98 Å². The molecule has 0 saturated carbocycles. The SMILES string of the molecule is C=C(C1=C(F)C=CC=C(F)C1)N(CCN1CCCCC1)c1nc2ccccc2s1. The van der Waals surface area contributed by atoms with Crippen LogP contribution in [-0.4, -0.2) is 36.1 Å². The largest absolute Gasteiger partial charge is 0.317 e. The van der Waals surface area contributed by atoms with Crippen LogP contribution in [0, 0.1) is 0 Å². The number of para-hydroxylation sites is 1. The van der Waals surface area contributed by atoms with Crippen molar-refractivity contribution in [3.05, 3.63) is 72.0 Å². The third-order valence-electron chi connectivity index (χ3n) is 5.43. The topological polar surface area (TPSA) is 19.4 Å². The van der Waals surface area contributed by atoms with Gasteiger partial charge in [0.25, 0.3) is 0 Å². The lowest BCUT2D eigenvalue weighted by atomic mass is 10.1. The van der Waals surface area contributed by atoms with E-state index in [2.05, 4.69) is 11.5 Å². The molecule has 0 bridgehead atoms. The number of allylic oxidation sites excluding steroid dienone is 6. The first-order valence-electron chi connectivity index (χ1n) is 10.1.